The monoisotopic (exact) mass is 340 g/mol. The lowest BCUT2D eigenvalue weighted by Gasteiger charge is -2.38. The zero-order valence-corrected chi connectivity index (χ0v) is 15.7. The van der Waals surface area contributed by atoms with Crippen molar-refractivity contribution in [1.29, 1.82) is 0 Å². The highest BCUT2D eigenvalue weighted by atomic mass is 19.2. The van der Waals surface area contributed by atoms with Crippen LogP contribution in [0.2, 0.25) is 0 Å². The number of hydrogen-bond donors (Lipinski definition) is 0. The second kappa shape index (κ2) is 8.99. The number of halogens is 2. The summed E-state index contributed by atoms with van der Waals surface area (Å²) in [6.45, 7) is 2.34. The molecule has 0 N–H and O–H groups in total. The molecule has 0 heterocycles. The van der Waals surface area contributed by atoms with Crippen LogP contribution in [0.1, 0.15) is 96.8 Å². The van der Waals surface area contributed by atoms with Crippen molar-refractivity contribution in [3.05, 3.63) is 0 Å². The first-order valence-corrected chi connectivity index (χ1v) is 10.9. The molecular formula is C22H38F2. The molecule has 0 saturated heterocycles. The maximum atomic E-state index is 13.7. The van der Waals surface area contributed by atoms with Crippen LogP contribution in [-0.2, 0) is 0 Å². The van der Waals surface area contributed by atoms with E-state index in [-0.39, 0.29) is 0 Å². The largest absolute Gasteiger partial charge is 0.244 e. The number of rotatable bonds is 5. The zero-order valence-electron chi connectivity index (χ0n) is 15.7. The molecule has 3 saturated carbocycles. The van der Waals surface area contributed by atoms with Gasteiger partial charge in [0.2, 0.25) is 0 Å². The van der Waals surface area contributed by atoms with Crippen LogP contribution in [0.15, 0.2) is 0 Å². The summed E-state index contributed by atoms with van der Waals surface area (Å²) in [6, 6.07) is 0. The first kappa shape index (κ1) is 18.6. The third kappa shape index (κ3) is 4.94. The van der Waals surface area contributed by atoms with E-state index in [1.807, 2.05) is 0 Å². The van der Waals surface area contributed by atoms with Crippen LogP contribution >= 0.6 is 0 Å². The minimum absolute atomic E-state index is 0.464. The molecule has 0 amide bonds. The summed E-state index contributed by atoms with van der Waals surface area (Å²) < 4.78 is 27.0. The van der Waals surface area contributed by atoms with Gasteiger partial charge in [0.25, 0.3) is 0 Å². The molecule has 0 spiro atoms. The van der Waals surface area contributed by atoms with Gasteiger partial charge in [0, 0.05) is 0 Å². The first-order valence-electron chi connectivity index (χ1n) is 10.9. The van der Waals surface area contributed by atoms with Crippen molar-refractivity contribution in [2.24, 2.45) is 29.6 Å². The lowest BCUT2D eigenvalue weighted by atomic mass is 9.69. The molecule has 3 atom stereocenters. The lowest BCUT2D eigenvalue weighted by Crippen LogP contribution is -2.32. The molecule has 0 bridgehead atoms. The molecule has 0 aromatic rings. The van der Waals surface area contributed by atoms with Crippen LogP contribution in [0, 0.1) is 29.6 Å². The Hall–Kier alpha value is -0.140. The van der Waals surface area contributed by atoms with Crippen LogP contribution in [0.4, 0.5) is 8.78 Å². The highest BCUT2D eigenvalue weighted by Crippen LogP contribution is 2.43. The van der Waals surface area contributed by atoms with Gasteiger partial charge in [-0.05, 0) is 61.7 Å². The van der Waals surface area contributed by atoms with Crippen LogP contribution in [-0.4, -0.2) is 12.3 Å². The van der Waals surface area contributed by atoms with Gasteiger partial charge in [0.05, 0.1) is 0 Å². The summed E-state index contributed by atoms with van der Waals surface area (Å²) >= 11 is 0. The Balaban J connectivity index is 1.32. The van der Waals surface area contributed by atoms with Gasteiger partial charge < -0.3 is 0 Å². The summed E-state index contributed by atoms with van der Waals surface area (Å²) in [5.41, 5.74) is 0. The van der Waals surface area contributed by atoms with Crippen molar-refractivity contribution in [2.45, 2.75) is 109 Å². The molecule has 3 fully saturated rings. The van der Waals surface area contributed by atoms with Crippen molar-refractivity contribution < 1.29 is 8.78 Å². The number of alkyl halides is 2. The summed E-state index contributed by atoms with van der Waals surface area (Å²) in [7, 11) is 0. The Morgan fingerprint density at radius 2 is 1.08 bits per heavy atom. The fourth-order valence-corrected chi connectivity index (χ4v) is 5.89. The minimum atomic E-state index is -1.18. The topological polar surface area (TPSA) is 0 Å². The Morgan fingerprint density at radius 3 is 1.62 bits per heavy atom. The van der Waals surface area contributed by atoms with E-state index < -0.39 is 12.3 Å². The third-order valence-electron chi connectivity index (χ3n) is 7.82. The number of hydrogen-bond acceptors (Lipinski definition) is 0. The Morgan fingerprint density at radius 1 is 0.583 bits per heavy atom. The normalized spacial score (nSPS) is 44.4. The van der Waals surface area contributed by atoms with Gasteiger partial charge >= 0.3 is 0 Å². The summed E-state index contributed by atoms with van der Waals surface area (Å²) in [6.07, 6.45) is 14.9. The van der Waals surface area contributed by atoms with E-state index >= 15 is 0 Å². The maximum Gasteiger partial charge on any atom is 0.131 e. The van der Waals surface area contributed by atoms with Crippen LogP contribution in [0.3, 0.4) is 0 Å². The standard InChI is InChI=1S/C22H38F2/c1-2-16-3-5-17(6-4-16)7-8-18-9-11-19(12-10-18)20-13-14-21(23)22(24)15-20/h16-22H,2-15H2,1H3. The quantitative estimate of drug-likeness (QED) is 0.494. The average molecular weight is 341 g/mol. The van der Waals surface area contributed by atoms with Gasteiger partial charge in [-0.25, -0.2) is 8.78 Å². The minimum Gasteiger partial charge on any atom is -0.244 e. The SMILES string of the molecule is CCC1CCC(CCC2CCC(C3CCC(F)C(F)C3)CC2)CC1. The Kier molecular flexibility index (Phi) is 6.98. The molecule has 3 aliphatic carbocycles. The summed E-state index contributed by atoms with van der Waals surface area (Å²) in [5.74, 6) is 4.08. The van der Waals surface area contributed by atoms with E-state index in [1.54, 1.807) is 0 Å². The van der Waals surface area contributed by atoms with Crippen molar-refractivity contribution in [2.75, 3.05) is 0 Å². The Labute approximate surface area is 148 Å². The van der Waals surface area contributed by atoms with Crippen LogP contribution in [0.25, 0.3) is 0 Å². The van der Waals surface area contributed by atoms with Crippen molar-refractivity contribution in [3.63, 3.8) is 0 Å². The molecule has 3 aliphatic rings. The molecule has 0 aromatic carbocycles. The van der Waals surface area contributed by atoms with Gasteiger partial charge in [-0.2, -0.15) is 0 Å². The second-order valence-corrected chi connectivity index (χ2v) is 9.26. The summed E-state index contributed by atoms with van der Waals surface area (Å²) in [5, 5.41) is 0. The van der Waals surface area contributed by atoms with Crippen LogP contribution < -0.4 is 0 Å². The second-order valence-electron chi connectivity index (χ2n) is 9.26. The molecule has 0 aromatic heterocycles. The highest BCUT2D eigenvalue weighted by Gasteiger charge is 2.36. The third-order valence-corrected chi connectivity index (χ3v) is 7.82. The van der Waals surface area contributed by atoms with E-state index in [1.165, 1.54) is 70.6 Å². The maximum absolute atomic E-state index is 13.7. The molecule has 0 radical (unpaired) electrons. The van der Waals surface area contributed by atoms with Crippen molar-refractivity contribution in [3.8, 4) is 0 Å². The lowest BCUT2D eigenvalue weighted by molar-refractivity contribution is 0.0539. The predicted molar refractivity (Wildman–Crippen MR) is 97.6 cm³/mol. The first-order chi connectivity index (χ1) is 11.7. The molecule has 3 rings (SSSR count). The average Bonchev–Trinajstić information content (AvgIpc) is 2.63. The van der Waals surface area contributed by atoms with E-state index in [9.17, 15) is 8.78 Å². The highest BCUT2D eigenvalue weighted by molar-refractivity contribution is 4.86. The smallest absolute Gasteiger partial charge is 0.131 e. The van der Waals surface area contributed by atoms with Crippen molar-refractivity contribution in [1.82, 2.24) is 0 Å². The van der Waals surface area contributed by atoms with Gasteiger partial charge in [0.15, 0.2) is 0 Å². The molecular weight excluding hydrogens is 302 g/mol. The molecule has 2 heteroatoms. The molecule has 0 nitrogen and oxygen atoms in total. The molecule has 0 aliphatic heterocycles. The molecule has 3 unspecified atom stereocenters. The van der Waals surface area contributed by atoms with Gasteiger partial charge in [0.1, 0.15) is 12.3 Å². The van der Waals surface area contributed by atoms with E-state index in [2.05, 4.69) is 6.92 Å². The zero-order chi connectivity index (χ0) is 16.9. The molecule has 140 valence electrons. The summed E-state index contributed by atoms with van der Waals surface area (Å²) in [4.78, 5) is 0. The van der Waals surface area contributed by atoms with Gasteiger partial charge in [-0.3, -0.25) is 0 Å². The fraction of sp³-hybridized carbons (Fsp3) is 1.00. The van der Waals surface area contributed by atoms with E-state index in [4.69, 9.17) is 0 Å². The van der Waals surface area contributed by atoms with Gasteiger partial charge in [-0.1, -0.05) is 64.7 Å². The van der Waals surface area contributed by atoms with E-state index in [0.29, 0.717) is 24.7 Å². The predicted octanol–water partition coefficient (Wildman–Crippen LogP) is 7.27. The molecule has 24 heavy (non-hydrogen) atoms. The van der Waals surface area contributed by atoms with Crippen molar-refractivity contribution >= 4 is 0 Å². The Bertz CT molecular complexity index is 353. The van der Waals surface area contributed by atoms with Crippen LogP contribution in [0.5, 0.6) is 0 Å². The fourth-order valence-electron chi connectivity index (χ4n) is 5.89. The van der Waals surface area contributed by atoms with E-state index in [0.717, 1.165) is 24.2 Å². The van der Waals surface area contributed by atoms with Gasteiger partial charge in [-0.15, -0.1) is 0 Å².